The number of hydrogen-bond acceptors (Lipinski definition) is 4. The molecule has 2 nitrogen and oxygen atoms in total. The van der Waals surface area contributed by atoms with Crippen molar-refractivity contribution >= 4 is 51.2 Å². The number of amides is 1. The van der Waals surface area contributed by atoms with Gasteiger partial charge in [0.05, 0.1) is 4.20 Å². The summed E-state index contributed by atoms with van der Waals surface area (Å²) in [4.78, 5) is 11.3. The molecule has 1 saturated heterocycles. The van der Waals surface area contributed by atoms with Crippen LogP contribution in [-0.2, 0) is 4.79 Å². The third kappa shape index (κ3) is 1.36. The van der Waals surface area contributed by atoms with Crippen LogP contribution in [0.15, 0.2) is 0 Å². The lowest BCUT2D eigenvalue weighted by molar-refractivity contribution is -0.118. The fourth-order valence-corrected chi connectivity index (χ4v) is 2.59. The summed E-state index contributed by atoms with van der Waals surface area (Å²) in [7, 11) is 0. The molecule has 0 radical (unpaired) electrons. The van der Waals surface area contributed by atoms with E-state index in [0.29, 0.717) is 14.8 Å². The normalized spacial score (nSPS) is 25.4. The van der Waals surface area contributed by atoms with Crippen LogP contribution in [0.25, 0.3) is 0 Å². The van der Waals surface area contributed by atoms with Crippen LogP contribution >= 0.6 is 36.2 Å². The largest absolute Gasteiger partial charge is 0.369 e. The maximum absolute atomic E-state index is 10.7. The van der Waals surface area contributed by atoms with Gasteiger partial charge in [-0.05, 0) is 0 Å². The first-order valence-corrected chi connectivity index (χ1v) is 4.42. The zero-order chi connectivity index (χ0) is 7.72. The zero-order valence-electron chi connectivity index (χ0n) is 4.99. The molecule has 1 amide bonds. The zero-order valence-corrected chi connectivity index (χ0v) is 7.44. The average molecular weight is 191 g/mol. The second-order valence-electron chi connectivity index (χ2n) is 1.91. The molecule has 5 heteroatoms. The highest BCUT2D eigenvalue weighted by Gasteiger charge is 2.31. The van der Waals surface area contributed by atoms with Gasteiger partial charge in [-0.15, -0.1) is 11.8 Å². The summed E-state index contributed by atoms with van der Waals surface area (Å²) in [5.74, 6) is -0.183. The van der Waals surface area contributed by atoms with E-state index < -0.39 is 11.8 Å². The molecular formula is C5H5NOS3. The van der Waals surface area contributed by atoms with Crippen LogP contribution in [0.5, 0.6) is 0 Å². The van der Waals surface area contributed by atoms with Crippen molar-refractivity contribution in [2.45, 2.75) is 0 Å². The van der Waals surface area contributed by atoms with E-state index in [2.05, 4.69) is 0 Å². The van der Waals surface area contributed by atoms with Gasteiger partial charge in [0.1, 0.15) is 5.92 Å². The fourth-order valence-electron chi connectivity index (χ4n) is 0.715. The van der Waals surface area contributed by atoms with Crippen molar-refractivity contribution < 1.29 is 4.79 Å². The topological polar surface area (TPSA) is 43.1 Å². The van der Waals surface area contributed by atoms with E-state index in [1.54, 1.807) is 0 Å². The molecule has 1 atom stereocenters. The van der Waals surface area contributed by atoms with Gasteiger partial charge in [0, 0.05) is 10.6 Å². The molecule has 2 N–H and O–H groups in total. The Balaban J connectivity index is 2.82. The summed E-state index contributed by atoms with van der Waals surface area (Å²) < 4.78 is 0.623. The lowest BCUT2D eigenvalue weighted by Gasteiger charge is -2.01. The van der Waals surface area contributed by atoms with Crippen LogP contribution < -0.4 is 5.73 Å². The Morgan fingerprint density at radius 2 is 2.30 bits per heavy atom. The molecule has 0 saturated carbocycles. The summed E-state index contributed by atoms with van der Waals surface area (Å²) in [6.45, 7) is 0. The van der Waals surface area contributed by atoms with Gasteiger partial charge in [0.15, 0.2) is 0 Å². The number of thioether (sulfide) groups is 1. The van der Waals surface area contributed by atoms with Crippen molar-refractivity contribution in [2.24, 2.45) is 11.7 Å². The quantitative estimate of drug-likeness (QED) is 0.614. The molecule has 0 aliphatic carbocycles. The first kappa shape index (κ1) is 8.10. The van der Waals surface area contributed by atoms with Crippen LogP contribution in [0.3, 0.4) is 0 Å². The Morgan fingerprint density at radius 3 is 2.50 bits per heavy atom. The van der Waals surface area contributed by atoms with Gasteiger partial charge in [-0.2, -0.15) is 0 Å². The minimum Gasteiger partial charge on any atom is -0.369 e. The van der Waals surface area contributed by atoms with E-state index in [9.17, 15) is 4.79 Å². The first-order chi connectivity index (χ1) is 4.63. The summed E-state index contributed by atoms with van der Waals surface area (Å²) in [5.41, 5.74) is 5.05. The monoisotopic (exact) mass is 191 g/mol. The van der Waals surface area contributed by atoms with Gasteiger partial charge in [-0.1, -0.05) is 24.4 Å². The number of carbonyl (C=O) groups excluding carboxylic acids is 1. The number of primary amides is 1. The lowest BCUT2D eigenvalue weighted by Crippen LogP contribution is -2.29. The predicted octanol–water partition coefficient (Wildman–Crippen LogP) is 0.532. The molecule has 0 spiro atoms. The summed E-state index contributed by atoms with van der Waals surface area (Å²) in [6.07, 6.45) is 0. The maximum Gasteiger partial charge on any atom is 0.231 e. The van der Waals surface area contributed by atoms with Gasteiger partial charge in [-0.25, -0.2) is 0 Å². The number of nitrogens with two attached hydrogens (primary N) is 1. The van der Waals surface area contributed by atoms with Gasteiger partial charge in [0.25, 0.3) is 0 Å². The van der Waals surface area contributed by atoms with Crippen molar-refractivity contribution in [3.63, 3.8) is 0 Å². The van der Waals surface area contributed by atoms with Gasteiger partial charge >= 0.3 is 0 Å². The molecule has 1 fully saturated rings. The molecule has 1 unspecified atom stereocenters. The van der Waals surface area contributed by atoms with Crippen LogP contribution in [0, 0.1) is 5.92 Å². The van der Waals surface area contributed by atoms with Gasteiger partial charge < -0.3 is 5.73 Å². The van der Waals surface area contributed by atoms with Crippen molar-refractivity contribution in [2.75, 3.05) is 5.75 Å². The summed E-state index contributed by atoms with van der Waals surface area (Å²) >= 11 is 11.2. The Kier molecular flexibility index (Phi) is 2.38. The average Bonchev–Trinajstić information content (AvgIpc) is 2.11. The molecule has 0 aromatic carbocycles. The van der Waals surface area contributed by atoms with Crippen LogP contribution in [0.2, 0.25) is 0 Å². The second kappa shape index (κ2) is 2.94. The molecular weight excluding hydrogens is 186 g/mol. The number of hydrogen-bond donors (Lipinski definition) is 1. The highest BCUT2D eigenvalue weighted by molar-refractivity contribution is 8.25. The predicted molar refractivity (Wildman–Crippen MR) is 50.3 cm³/mol. The van der Waals surface area contributed by atoms with E-state index in [4.69, 9.17) is 30.2 Å². The smallest absolute Gasteiger partial charge is 0.231 e. The highest BCUT2D eigenvalue weighted by atomic mass is 32.2. The van der Waals surface area contributed by atoms with Crippen molar-refractivity contribution in [3.8, 4) is 0 Å². The number of rotatable bonds is 1. The third-order valence-electron chi connectivity index (χ3n) is 1.20. The van der Waals surface area contributed by atoms with Crippen molar-refractivity contribution in [3.05, 3.63) is 0 Å². The number of carbonyl (C=O) groups is 1. The fraction of sp³-hybridized carbons (Fsp3) is 0.400. The summed E-state index contributed by atoms with van der Waals surface area (Å²) in [6, 6.07) is 0. The SMILES string of the molecule is NC(=O)C1C(=S)CSC1=S. The molecule has 0 aromatic heterocycles. The number of thiocarbonyl (C=S) groups is 2. The minimum atomic E-state index is -0.435. The Morgan fingerprint density at radius 1 is 1.70 bits per heavy atom. The van der Waals surface area contributed by atoms with Crippen LogP contribution in [0.1, 0.15) is 0 Å². The molecule has 1 rings (SSSR count). The van der Waals surface area contributed by atoms with Gasteiger partial charge in [0.2, 0.25) is 5.91 Å². The Hall–Kier alpha value is -0.0000000000000000833. The van der Waals surface area contributed by atoms with E-state index in [-0.39, 0.29) is 0 Å². The second-order valence-corrected chi connectivity index (χ2v) is 4.15. The van der Waals surface area contributed by atoms with Crippen molar-refractivity contribution in [1.82, 2.24) is 0 Å². The Labute approximate surface area is 73.5 Å². The molecule has 1 aliphatic heterocycles. The van der Waals surface area contributed by atoms with Gasteiger partial charge in [-0.3, -0.25) is 4.79 Å². The highest BCUT2D eigenvalue weighted by Crippen LogP contribution is 2.24. The first-order valence-electron chi connectivity index (χ1n) is 2.61. The Bertz CT molecular complexity index is 197. The molecule has 1 heterocycles. The molecule has 10 heavy (non-hydrogen) atoms. The third-order valence-corrected chi connectivity index (χ3v) is 3.33. The maximum atomic E-state index is 10.7. The summed E-state index contributed by atoms with van der Waals surface area (Å²) in [5, 5.41) is 0. The molecule has 0 aromatic rings. The van der Waals surface area contributed by atoms with E-state index in [0.717, 1.165) is 0 Å². The molecule has 1 aliphatic rings. The van der Waals surface area contributed by atoms with E-state index in [1.165, 1.54) is 11.8 Å². The minimum absolute atomic E-state index is 0.417. The standard InChI is InChI=1S/C5H5NOS3/c6-4(7)3-2(8)1-10-5(3)9/h3H,1H2,(H2,6,7). The molecule has 54 valence electrons. The van der Waals surface area contributed by atoms with E-state index in [1.807, 2.05) is 0 Å². The van der Waals surface area contributed by atoms with Crippen LogP contribution in [0.4, 0.5) is 0 Å². The van der Waals surface area contributed by atoms with E-state index >= 15 is 0 Å². The lowest BCUT2D eigenvalue weighted by atomic mass is 10.1. The van der Waals surface area contributed by atoms with Crippen molar-refractivity contribution in [1.29, 1.82) is 0 Å². The molecule has 0 bridgehead atoms. The van der Waals surface area contributed by atoms with Crippen LogP contribution in [-0.4, -0.2) is 20.7 Å².